The van der Waals surface area contributed by atoms with Crippen LogP contribution in [0.25, 0.3) is 11.0 Å². The Kier molecular flexibility index (Phi) is 7.18. The summed E-state index contributed by atoms with van der Waals surface area (Å²) >= 11 is 1.87. The van der Waals surface area contributed by atoms with Crippen LogP contribution in [0.5, 0.6) is 0 Å². The third-order valence-electron chi connectivity index (χ3n) is 4.47. The molecule has 27 heavy (non-hydrogen) atoms. The number of anilines is 1. The van der Waals surface area contributed by atoms with Gasteiger partial charge in [0.1, 0.15) is 0 Å². The molecule has 0 radical (unpaired) electrons. The molecule has 0 saturated carbocycles. The van der Waals surface area contributed by atoms with E-state index in [0.29, 0.717) is 18.5 Å². The van der Waals surface area contributed by atoms with E-state index in [0.717, 1.165) is 29.8 Å². The molecule has 0 bridgehead atoms. The van der Waals surface area contributed by atoms with Crippen molar-refractivity contribution >= 4 is 34.8 Å². The van der Waals surface area contributed by atoms with Gasteiger partial charge >= 0.3 is 6.09 Å². The number of aromatic amines is 1. The highest BCUT2D eigenvalue weighted by Gasteiger charge is 2.11. The Labute approximate surface area is 164 Å². The van der Waals surface area contributed by atoms with E-state index < -0.39 is 6.09 Å². The normalized spacial score (nSPS) is 16.8. The first-order chi connectivity index (χ1) is 13.1. The van der Waals surface area contributed by atoms with E-state index in [1.165, 1.54) is 24.2 Å². The van der Waals surface area contributed by atoms with Gasteiger partial charge in [0, 0.05) is 17.2 Å². The van der Waals surface area contributed by atoms with Crippen LogP contribution in [0.15, 0.2) is 35.2 Å². The van der Waals surface area contributed by atoms with Gasteiger partial charge in [-0.25, -0.2) is 9.78 Å². The lowest BCUT2D eigenvalue weighted by molar-refractivity contribution is 0.156. The fourth-order valence-corrected chi connectivity index (χ4v) is 4.09. The zero-order chi connectivity index (χ0) is 19.1. The molecule has 1 amide bonds. The zero-order valence-electron chi connectivity index (χ0n) is 16.0. The van der Waals surface area contributed by atoms with Gasteiger partial charge in [-0.1, -0.05) is 12.2 Å². The van der Waals surface area contributed by atoms with Gasteiger partial charge < -0.3 is 14.6 Å². The summed E-state index contributed by atoms with van der Waals surface area (Å²) in [6.45, 7) is 1.27. The van der Waals surface area contributed by atoms with Crippen LogP contribution in [0, 0.1) is 5.92 Å². The molecule has 7 heteroatoms. The Morgan fingerprint density at radius 2 is 2.33 bits per heavy atom. The standard InChI is InChI=1S/C20H28N4O2S/c1-24(2)11-6-12-26-20(25)23-19-21-17-10-9-16(13-18(17)22-19)27-14-15-7-4-3-5-8-15/h4,7,9-10,13,15H,3,5-6,8,11-12,14H2,1-2H3,(H2,21,22,23,25). The molecular formula is C20H28N4O2S. The predicted octanol–water partition coefficient (Wildman–Crippen LogP) is 4.51. The van der Waals surface area contributed by atoms with Crippen molar-refractivity contribution in [2.45, 2.75) is 30.6 Å². The molecule has 0 aliphatic heterocycles. The molecule has 1 aliphatic rings. The quantitative estimate of drug-likeness (QED) is 0.395. The van der Waals surface area contributed by atoms with E-state index in [2.05, 4.69) is 44.5 Å². The number of H-pyrrole nitrogens is 1. The number of benzene rings is 1. The number of nitrogens with one attached hydrogen (secondary N) is 2. The Morgan fingerprint density at radius 1 is 1.44 bits per heavy atom. The van der Waals surface area contributed by atoms with Gasteiger partial charge in [0.05, 0.1) is 17.6 Å². The second-order valence-corrected chi connectivity index (χ2v) is 8.21. The van der Waals surface area contributed by atoms with E-state index in [1.807, 2.05) is 31.9 Å². The number of rotatable bonds is 8. The van der Waals surface area contributed by atoms with Crippen LogP contribution in [0.1, 0.15) is 25.7 Å². The molecule has 0 fully saturated rings. The molecule has 1 atom stereocenters. The predicted molar refractivity (Wildman–Crippen MR) is 111 cm³/mol. The van der Waals surface area contributed by atoms with E-state index in [4.69, 9.17) is 4.74 Å². The summed E-state index contributed by atoms with van der Waals surface area (Å²) in [5.41, 5.74) is 1.75. The molecule has 146 valence electrons. The van der Waals surface area contributed by atoms with Crippen LogP contribution in [0.3, 0.4) is 0 Å². The minimum Gasteiger partial charge on any atom is -0.449 e. The number of carbonyl (C=O) groups excluding carboxylic acids is 1. The number of thioether (sulfide) groups is 1. The van der Waals surface area contributed by atoms with Gasteiger partial charge in [-0.3, -0.25) is 5.32 Å². The lowest BCUT2D eigenvalue weighted by atomic mass is 9.98. The van der Waals surface area contributed by atoms with Crippen molar-refractivity contribution in [1.29, 1.82) is 0 Å². The van der Waals surface area contributed by atoms with Gasteiger partial charge in [-0.05, 0) is 63.9 Å². The van der Waals surface area contributed by atoms with Gasteiger partial charge in [0.15, 0.2) is 0 Å². The number of fused-ring (bicyclic) bond motifs is 1. The van der Waals surface area contributed by atoms with Crippen LogP contribution >= 0.6 is 11.8 Å². The Balaban J connectivity index is 1.51. The van der Waals surface area contributed by atoms with Gasteiger partial charge in [-0.15, -0.1) is 11.8 Å². The minimum absolute atomic E-state index is 0.390. The van der Waals surface area contributed by atoms with Crippen LogP contribution in [-0.2, 0) is 4.74 Å². The summed E-state index contributed by atoms with van der Waals surface area (Å²) in [5.74, 6) is 2.18. The molecule has 0 saturated heterocycles. The van der Waals surface area contributed by atoms with Crippen molar-refractivity contribution in [3.8, 4) is 0 Å². The second kappa shape index (κ2) is 9.80. The zero-order valence-corrected chi connectivity index (χ0v) is 16.8. The number of hydrogen-bond acceptors (Lipinski definition) is 5. The average molecular weight is 389 g/mol. The molecule has 1 aromatic heterocycles. The summed E-state index contributed by atoms with van der Waals surface area (Å²) in [6, 6.07) is 6.16. The van der Waals surface area contributed by atoms with Gasteiger partial charge in [0.2, 0.25) is 5.95 Å². The van der Waals surface area contributed by atoms with Crippen LogP contribution in [-0.4, -0.2) is 54.0 Å². The molecule has 2 aromatic rings. The summed E-state index contributed by atoms with van der Waals surface area (Å²) in [6.07, 6.45) is 8.75. The third kappa shape index (κ3) is 6.29. The smallest absolute Gasteiger partial charge is 0.413 e. The first kappa shape index (κ1) is 19.8. The number of ether oxygens (including phenoxy) is 1. The topological polar surface area (TPSA) is 70.2 Å². The van der Waals surface area contributed by atoms with Crippen molar-refractivity contribution in [3.63, 3.8) is 0 Å². The molecule has 1 heterocycles. The lowest BCUT2D eigenvalue weighted by Crippen LogP contribution is -2.19. The van der Waals surface area contributed by atoms with E-state index in [1.54, 1.807) is 0 Å². The molecule has 2 N–H and O–H groups in total. The highest BCUT2D eigenvalue weighted by molar-refractivity contribution is 7.99. The minimum atomic E-state index is -0.480. The number of allylic oxidation sites excluding steroid dienone is 2. The van der Waals surface area contributed by atoms with Crippen LogP contribution in [0.2, 0.25) is 0 Å². The van der Waals surface area contributed by atoms with E-state index >= 15 is 0 Å². The molecule has 0 spiro atoms. The van der Waals surface area contributed by atoms with E-state index in [-0.39, 0.29) is 0 Å². The number of amides is 1. The Bertz CT molecular complexity index is 787. The molecule has 1 aliphatic carbocycles. The maximum atomic E-state index is 11.9. The lowest BCUT2D eigenvalue weighted by Gasteiger charge is -2.15. The molecule has 6 nitrogen and oxygen atoms in total. The molecule has 1 unspecified atom stereocenters. The number of imidazole rings is 1. The monoisotopic (exact) mass is 388 g/mol. The molecule has 1 aromatic carbocycles. The summed E-state index contributed by atoms with van der Waals surface area (Å²) in [7, 11) is 3.99. The first-order valence-corrected chi connectivity index (χ1v) is 10.5. The van der Waals surface area contributed by atoms with Crippen LogP contribution < -0.4 is 5.32 Å². The average Bonchev–Trinajstić information content (AvgIpc) is 3.05. The van der Waals surface area contributed by atoms with Crippen molar-refractivity contribution in [3.05, 3.63) is 30.4 Å². The largest absolute Gasteiger partial charge is 0.449 e. The fraction of sp³-hybridized carbons (Fsp3) is 0.500. The number of hydrogen-bond donors (Lipinski definition) is 2. The summed E-state index contributed by atoms with van der Waals surface area (Å²) in [5, 5.41) is 2.67. The van der Waals surface area contributed by atoms with Crippen molar-refractivity contribution < 1.29 is 9.53 Å². The summed E-state index contributed by atoms with van der Waals surface area (Å²) in [4.78, 5) is 22.7. The Morgan fingerprint density at radius 3 is 3.11 bits per heavy atom. The van der Waals surface area contributed by atoms with Crippen molar-refractivity contribution in [1.82, 2.24) is 14.9 Å². The highest BCUT2D eigenvalue weighted by atomic mass is 32.2. The van der Waals surface area contributed by atoms with Crippen LogP contribution in [0.4, 0.5) is 10.7 Å². The third-order valence-corrected chi connectivity index (χ3v) is 5.66. The maximum Gasteiger partial charge on any atom is 0.413 e. The Hall–Kier alpha value is -1.99. The number of carbonyl (C=O) groups is 1. The second-order valence-electron chi connectivity index (χ2n) is 7.11. The van der Waals surface area contributed by atoms with E-state index in [9.17, 15) is 4.79 Å². The van der Waals surface area contributed by atoms with Gasteiger partial charge in [-0.2, -0.15) is 0 Å². The van der Waals surface area contributed by atoms with Crippen molar-refractivity contribution in [2.75, 3.05) is 38.3 Å². The number of aromatic nitrogens is 2. The van der Waals surface area contributed by atoms with Gasteiger partial charge in [0.25, 0.3) is 0 Å². The molecular weight excluding hydrogens is 360 g/mol. The number of nitrogens with zero attached hydrogens (tertiary/aromatic N) is 2. The SMILES string of the molecule is CN(C)CCCOC(=O)Nc1nc2ccc(SCC3C=CCCC3)cc2[nH]1. The van der Waals surface area contributed by atoms with Crippen molar-refractivity contribution in [2.24, 2.45) is 5.92 Å². The highest BCUT2D eigenvalue weighted by Crippen LogP contribution is 2.28. The molecule has 3 rings (SSSR count). The maximum absolute atomic E-state index is 11.9. The summed E-state index contributed by atoms with van der Waals surface area (Å²) < 4.78 is 5.17. The fourth-order valence-electron chi connectivity index (χ4n) is 3.04. The first-order valence-electron chi connectivity index (χ1n) is 9.48.